The second-order valence-electron chi connectivity index (χ2n) is 5.35. The zero-order chi connectivity index (χ0) is 15.7. The van der Waals surface area contributed by atoms with Crippen molar-refractivity contribution < 1.29 is 14.0 Å². The number of carbonyl (C=O) groups excluding carboxylic acids is 2. The summed E-state index contributed by atoms with van der Waals surface area (Å²) in [4.78, 5) is 23.6. The van der Waals surface area contributed by atoms with Gasteiger partial charge in [0.2, 0.25) is 5.91 Å². The molecule has 6 nitrogen and oxygen atoms in total. The van der Waals surface area contributed by atoms with Crippen molar-refractivity contribution in [2.45, 2.75) is 25.8 Å². The second-order valence-corrected chi connectivity index (χ2v) is 5.35. The molecule has 0 radical (unpaired) electrons. The molecule has 0 bridgehead atoms. The number of hydrazone groups is 1. The van der Waals surface area contributed by atoms with Gasteiger partial charge < -0.3 is 9.73 Å². The Balaban J connectivity index is 1.73. The quantitative estimate of drug-likeness (QED) is 0.944. The summed E-state index contributed by atoms with van der Waals surface area (Å²) in [5.74, 6) is 0.338. The number of furan rings is 1. The lowest BCUT2D eigenvalue weighted by Gasteiger charge is -2.20. The Morgan fingerprint density at radius 1 is 1.36 bits per heavy atom. The van der Waals surface area contributed by atoms with Crippen LogP contribution >= 0.6 is 0 Å². The smallest absolute Gasteiger partial charge is 0.268 e. The summed E-state index contributed by atoms with van der Waals surface area (Å²) in [6.07, 6.45) is 0.670. The monoisotopic (exact) mass is 299 g/mol. The van der Waals surface area contributed by atoms with Crippen molar-refractivity contribution >= 4 is 28.5 Å². The summed E-state index contributed by atoms with van der Waals surface area (Å²) < 4.78 is 5.74. The second kappa shape index (κ2) is 5.63. The number of para-hydroxylation sites is 1. The number of nitrogens with zero attached hydrogens (tertiary/aromatic N) is 2. The van der Waals surface area contributed by atoms with E-state index in [-0.39, 0.29) is 17.9 Å². The highest BCUT2D eigenvalue weighted by atomic mass is 16.3. The van der Waals surface area contributed by atoms with Gasteiger partial charge in [0, 0.05) is 25.3 Å². The van der Waals surface area contributed by atoms with Crippen LogP contribution < -0.4 is 5.32 Å². The molecule has 0 saturated heterocycles. The normalized spacial score (nSPS) is 16.5. The van der Waals surface area contributed by atoms with Gasteiger partial charge in [0.1, 0.15) is 17.1 Å². The number of nitrogens with one attached hydrogen (secondary N) is 1. The summed E-state index contributed by atoms with van der Waals surface area (Å²) >= 11 is 0. The van der Waals surface area contributed by atoms with Crippen molar-refractivity contribution in [2.75, 3.05) is 7.05 Å². The summed E-state index contributed by atoms with van der Waals surface area (Å²) in [5.41, 5.74) is 1.16. The summed E-state index contributed by atoms with van der Waals surface area (Å²) in [6, 6.07) is 9.34. The first-order valence-electron chi connectivity index (χ1n) is 7.18. The van der Waals surface area contributed by atoms with Gasteiger partial charge in [-0.3, -0.25) is 9.59 Å². The molecular formula is C16H17N3O3. The fraction of sp³-hybridized carbons (Fsp3) is 0.312. The van der Waals surface area contributed by atoms with Gasteiger partial charge in [-0.1, -0.05) is 18.2 Å². The Labute approximate surface area is 127 Å². The molecule has 114 valence electrons. The largest absolute Gasteiger partial charge is 0.459 e. The molecule has 1 aliphatic heterocycles. The third-order valence-electron chi connectivity index (χ3n) is 3.69. The Kier molecular flexibility index (Phi) is 3.66. The van der Waals surface area contributed by atoms with Gasteiger partial charge in [-0.25, -0.2) is 5.01 Å². The molecule has 2 amide bonds. The van der Waals surface area contributed by atoms with Crippen molar-refractivity contribution in [3.63, 3.8) is 0 Å². The molecule has 1 aliphatic rings. The average Bonchev–Trinajstić information content (AvgIpc) is 2.94. The van der Waals surface area contributed by atoms with Crippen LogP contribution in [0.15, 0.2) is 39.9 Å². The number of hydrogen-bond donors (Lipinski definition) is 1. The first-order chi connectivity index (χ1) is 10.5. The Morgan fingerprint density at radius 2 is 2.14 bits per heavy atom. The minimum Gasteiger partial charge on any atom is -0.459 e. The van der Waals surface area contributed by atoms with Gasteiger partial charge in [0.05, 0.1) is 6.04 Å². The molecule has 0 spiro atoms. The third kappa shape index (κ3) is 2.72. The maximum atomic E-state index is 12.2. The van der Waals surface area contributed by atoms with Crippen LogP contribution in [-0.2, 0) is 9.59 Å². The molecule has 1 aromatic carbocycles. The van der Waals surface area contributed by atoms with Gasteiger partial charge in [0.25, 0.3) is 5.91 Å². The number of fused-ring (bicyclic) bond motifs is 1. The number of amides is 2. The Bertz CT molecular complexity index is 730. The predicted molar refractivity (Wildman–Crippen MR) is 82.2 cm³/mol. The molecule has 0 saturated carbocycles. The van der Waals surface area contributed by atoms with Crippen molar-refractivity contribution in [3.8, 4) is 0 Å². The van der Waals surface area contributed by atoms with Crippen molar-refractivity contribution in [1.82, 2.24) is 10.3 Å². The number of rotatable bonds is 3. The Morgan fingerprint density at radius 3 is 2.86 bits per heavy atom. The molecular weight excluding hydrogens is 282 g/mol. The van der Waals surface area contributed by atoms with Crippen LogP contribution in [0.4, 0.5) is 0 Å². The van der Waals surface area contributed by atoms with E-state index in [0.717, 1.165) is 11.0 Å². The Hall–Kier alpha value is -2.63. The summed E-state index contributed by atoms with van der Waals surface area (Å²) in [5, 5.41) is 9.08. The highest BCUT2D eigenvalue weighted by Crippen LogP contribution is 2.23. The van der Waals surface area contributed by atoms with E-state index >= 15 is 0 Å². The zero-order valence-electron chi connectivity index (χ0n) is 12.5. The van der Waals surface area contributed by atoms with Crippen molar-refractivity contribution in [2.24, 2.45) is 5.10 Å². The highest BCUT2D eigenvalue weighted by Gasteiger charge is 2.23. The number of hydrogen-bond acceptors (Lipinski definition) is 4. The fourth-order valence-electron chi connectivity index (χ4n) is 2.40. The molecule has 0 fully saturated rings. The predicted octanol–water partition coefficient (Wildman–Crippen LogP) is 2.22. The van der Waals surface area contributed by atoms with E-state index < -0.39 is 0 Å². The lowest BCUT2D eigenvalue weighted by molar-refractivity contribution is -0.130. The first-order valence-corrected chi connectivity index (χ1v) is 7.18. The van der Waals surface area contributed by atoms with Gasteiger partial charge in [-0.2, -0.15) is 5.10 Å². The molecule has 2 aromatic rings. The maximum absolute atomic E-state index is 12.2. The number of benzene rings is 1. The van der Waals surface area contributed by atoms with E-state index in [9.17, 15) is 9.59 Å². The standard InChI is InChI=1S/C16H17N3O3/c1-10(14-9-11-5-3-4-6-13(11)22-14)17-16(21)12-7-8-15(20)19(2)18-12/h3-6,9-10H,7-8H2,1-2H3,(H,17,21)/t10-/m0/s1. The van der Waals surface area contributed by atoms with Crippen molar-refractivity contribution in [3.05, 3.63) is 36.1 Å². The lowest BCUT2D eigenvalue weighted by atomic mass is 10.1. The number of carbonyl (C=O) groups is 2. The average molecular weight is 299 g/mol. The third-order valence-corrected chi connectivity index (χ3v) is 3.69. The van der Waals surface area contributed by atoms with Crippen LogP contribution in [0.3, 0.4) is 0 Å². The topological polar surface area (TPSA) is 74.9 Å². The van der Waals surface area contributed by atoms with Crippen molar-refractivity contribution in [1.29, 1.82) is 0 Å². The highest BCUT2D eigenvalue weighted by molar-refractivity contribution is 6.39. The summed E-state index contributed by atoms with van der Waals surface area (Å²) in [6.45, 7) is 1.86. The van der Waals surface area contributed by atoms with E-state index in [1.54, 1.807) is 7.05 Å². The van der Waals surface area contributed by atoms with Gasteiger partial charge in [-0.05, 0) is 19.1 Å². The SMILES string of the molecule is C[C@H](NC(=O)C1=NN(C)C(=O)CC1)c1cc2ccccc2o1. The molecule has 0 aliphatic carbocycles. The minimum absolute atomic E-state index is 0.0816. The molecule has 6 heteroatoms. The van der Waals surface area contributed by atoms with Crippen LogP contribution in [0.25, 0.3) is 11.0 Å². The molecule has 22 heavy (non-hydrogen) atoms. The van der Waals surface area contributed by atoms with Gasteiger partial charge in [-0.15, -0.1) is 0 Å². The van der Waals surface area contributed by atoms with Crippen LogP contribution in [0, 0.1) is 0 Å². The van der Waals surface area contributed by atoms with Crippen LogP contribution in [0.5, 0.6) is 0 Å². The molecule has 3 rings (SSSR count). The molecule has 1 N–H and O–H groups in total. The minimum atomic E-state index is -0.273. The molecule has 1 atom stereocenters. The van der Waals surface area contributed by atoms with Gasteiger partial charge in [0.15, 0.2) is 0 Å². The van der Waals surface area contributed by atoms with E-state index in [4.69, 9.17) is 4.42 Å². The van der Waals surface area contributed by atoms with E-state index in [1.165, 1.54) is 5.01 Å². The molecule has 2 heterocycles. The first kappa shape index (κ1) is 14.3. The van der Waals surface area contributed by atoms with Crippen LogP contribution in [-0.4, -0.2) is 29.6 Å². The van der Waals surface area contributed by atoms with Crippen LogP contribution in [0.2, 0.25) is 0 Å². The zero-order valence-corrected chi connectivity index (χ0v) is 12.5. The van der Waals surface area contributed by atoms with Gasteiger partial charge >= 0.3 is 0 Å². The van der Waals surface area contributed by atoms with E-state index in [2.05, 4.69) is 10.4 Å². The molecule has 1 aromatic heterocycles. The van der Waals surface area contributed by atoms with E-state index in [0.29, 0.717) is 24.3 Å². The summed E-state index contributed by atoms with van der Waals surface area (Å²) in [7, 11) is 1.55. The molecule has 0 unspecified atom stereocenters. The fourth-order valence-corrected chi connectivity index (χ4v) is 2.40. The van der Waals surface area contributed by atoms with E-state index in [1.807, 2.05) is 37.3 Å². The van der Waals surface area contributed by atoms with Crippen LogP contribution in [0.1, 0.15) is 31.6 Å². The maximum Gasteiger partial charge on any atom is 0.268 e. The lowest BCUT2D eigenvalue weighted by Crippen LogP contribution is -2.38.